The largest absolute Gasteiger partial charge is 0.151 e. The smallest absolute Gasteiger partial charge is 0.0179 e. The molecule has 22 heavy (non-hydrogen) atoms. The number of hydrogen-bond donors (Lipinski definition) is 0. The van der Waals surface area contributed by atoms with Crippen molar-refractivity contribution in [3.05, 3.63) is 16.8 Å². The number of thiophene rings is 1. The summed E-state index contributed by atoms with van der Waals surface area (Å²) in [5, 5.41) is 4.43. The fraction of sp³-hybridized carbons (Fsp3) is 0.800. The second-order valence-corrected chi connectivity index (χ2v) is 8.35. The number of unbranched alkanes of at least 4 members (excludes halogenated alkanes) is 13. The van der Waals surface area contributed by atoms with Gasteiger partial charge in [0.15, 0.2) is 0 Å². The molecule has 128 valence electrons. The van der Waals surface area contributed by atoms with Gasteiger partial charge in [0.25, 0.3) is 0 Å². The van der Waals surface area contributed by atoms with Crippen molar-refractivity contribution in [3.8, 4) is 0 Å². The van der Waals surface area contributed by atoms with Gasteiger partial charge in [0.05, 0.1) is 0 Å². The zero-order chi connectivity index (χ0) is 15.7. The maximum atomic E-state index is 2.29. The van der Waals surface area contributed by atoms with Crippen LogP contribution in [0.3, 0.4) is 0 Å². The molecule has 0 aliphatic heterocycles. The minimum absolute atomic E-state index is 1.30. The van der Waals surface area contributed by atoms with E-state index in [0.717, 1.165) is 0 Å². The Balaban J connectivity index is 1.68. The van der Waals surface area contributed by atoms with Crippen LogP contribution in [0.25, 0.3) is 0 Å². The third-order valence-electron chi connectivity index (χ3n) is 4.26. The molecule has 0 saturated heterocycles. The minimum Gasteiger partial charge on any atom is -0.151 e. The van der Waals surface area contributed by atoms with Crippen LogP contribution in [0.2, 0.25) is 0 Å². The van der Waals surface area contributed by atoms with Crippen LogP contribution in [0.5, 0.6) is 0 Å². The Bertz CT molecular complexity index is 306. The van der Waals surface area contributed by atoms with Crippen LogP contribution < -0.4 is 0 Å². The summed E-state index contributed by atoms with van der Waals surface area (Å²) in [5.74, 6) is 1.30. The van der Waals surface area contributed by atoms with Crippen LogP contribution in [0.1, 0.15) is 96.8 Å². The van der Waals surface area contributed by atoms with Gasteiger partial charge < -0.3 is 0 Å². The zero-order valence-electron chi connectivity index (χ0n) is 14.7. The lowest BCUT2D eigenvalue weighted by Crippen LogP contribution is -1.84. The van der Waals surface area contributed by atoms with E-state index in [1.165, 1.54) is 101 Å². The molecule has 0 bridgehead atoms. The molecular weight excluding hydrogens is 304 g/mol. The van der Waals surface area contributed by atoms with Crippen LogP contribution in [0.4, 0.5) is 0 Å². The highest BCUT2D eigenvalue weighted by Gasteiger charge is 1.96. The molecule has 0 saturated carbocycles. The summed E-state index contributed by atoms with van der Waals surface area (Å²) in [7, 11) is 0. The summed E-state index contributed by atoms with van der Waals surface area (Å²) in [6, 6.07) is 2.24. The van der Waals surface area contributed by atoms with E-state index in [4.69, 9.17) is 0 Å². The predicted molar refractivity (Wildman–Crippen MR) is 105 cm³/mol. The summed E-state index contributed by atoms with van der Waals surface area (Å²) in [6.07, 6.45) is 20.3. The minimum atomic E-state index is 1.30. The Kier molecular flexibility index (Phi) is 14.5. The van der Waals surface area contributed by atoms with E-state index in [1.54, 1.807) is 11.3 Å². The van der Waals surface area contributed by atoms with E-state index in [9.17, 15) is 0 Å². The highest BCUT2D eigenvalue weighted by Crippen LogP contribution is 2.22. The van der Waals surface area contributed by atoms with E-state index < -0.39 is 0 Å². The van der Waals surface area contributed by atoms with Gasteiger partial charge in [0.2, 0.25) is 0 Å². The second-order valence-electron chi connectivity index (χ2n) is 6.40. The molecule has 0 fully saturated rings. The van der Waals surface area contributed by atoms with Gasteiger partial charge >= 0.3 is 0 Å². The van der Waals surface area contributed by atoms with Crippen LogP contribution >= 0.6 is 23.1 Å². The van der Waals surface area contributed by atoms with Crippen LogP contribution in [0.15, 0.2) is 21.7 Å². The molecule has 1 aromatic heterocycles. The molecule has 1 heterocycles. The molecule has 0 N–H and O–H groups in total. The Morgan fingerprint density at radius 1 is 0.727 bits per heavy atom. The number of thioether (sulfide) groups is 1. The lowest BCUT2D eigenvalue weighted by molar-refractivity contribution is 0.538. The average molecular weight is 341 g/mol. The lowest BCUT2D eigenvalue weighted by Gasteiger charge is -2.03. The topological polar surface area (TPSA) is 0 Å². The first kappa shape index (κ1) is 20.1. The number of rotatable bonds is 16. The Morgan fingerprint density at radius 2 is 1.23 bits per heavy atom. The lowest BCUT2D eigenvalue weighted by atomic mass is 10.0. The highest BCUT2D eigenvalue weighted by atomic mass is 32.2. The standard InChI is InChI=1S/C20H36S2/c1-2-3-4-5-6-7-8-9-10-11-12-13-14-15-17-22-20-16-18-21-19-20/h16,18-19H,2-15,17H2,1H3. The Labute approximate surface area is 147 Å². The van der Waals surface area contributed by atoms with Crippen LogP contribution in [-0.2, 0) is 0 Å². The quantitative estimate of drug-likeness (QED) is 0.215. The van der Waals surface area contributed by atoms with Crippen molar-refractivity contribution in [2.75, 3.05) is 5.75 Å². The Morgan fingerprint density at radius 3 is 1.68 bits per heavy atom. The van der Waals surface area contributed by atoms with Crippen molar-refractivity contribution in [2.45, 2.75) is 102 Å². The van der Waals surface area contributed by atoms with Gasteiger partial charge in [-0.05, 0) is 23.6 Å². The average Bonchev–Trinajstić information content (AvgIpc) is 3.04. The van der Waals surface area contributed by atoms with Crippen molar-refractivity contribution in [2.24, 2.45) is 0 Å². The fourth-order valence-corrected chi connectivity index (χ4v) is 4.61. The van der Waals surface area contributed by atoms with Gasteiger partial charge in [-0.25, -0.2) is 0 Å². The first-order chi connectivity index (χ1) is 10.9. The van der Waals surface area contributed by atoms with Gasteiger partial charge in [-0.15, -0.1) is 11.8 Å². The summed E-state index contributed by atoms with van der Waals surface area (Å²) in [6.45, 7) is 2.29. The van der Waals surface area contributed by atoms with Crippen molar-refractivity contribution in [1.29, 1.82) is 0 Å². The van der Waals surface area contributed by atoms with E-state index in [1.807, 2.05) is 11.8 Å². The second kappa shape index (κ2) is 15.9. The maximum absolute atomic E-state index is 2.29. The molecule has 0 aliphatic rings. The van der Waals surface area contributed by atoms with Gasteiger partial charge in [0, 0.05) is 10.3 Å². The summed E-state index contributed by atoms with van der Waals surface area (Å²) >= 11 is 3.83. The highest BCUT2D eigenvalue weighted by molar-refractivity contribution is 7.99. The summed E-state index contributed by atoms with van der Waals surface area (Å²) in [4.78, 5) is 1.46. The molecule has 0 radical (unpaired) electrons. The van der Waals surface area contributed by atoms with Crippen molar-refractivity contribution >= 4 is 23.1 Å². The van der Waals surface area contributed by atoms with E-state index in [2.05, 4.69) is 23.8 Å². The normalized spacial score (nSPS) is 11.1. The van der Waals surface area contributed by atoms with Gasteiger partial charge in [-0.1, -0.05) is 90.4 Å². The van der Waals surface area contributed by atoms with Crippen molar-refractivity contribution < 1.29 is 0 Å². The predicted octanol–water partition coefficient (Wildman–Crippen LogP) is 8.32. The summed E-state index contributed by atoms with van der Waals surface area (Å²) in [5.41, 5.74) is 0. The van der Waals surface area contributed by atoms with Crippen LogP contribution in [0, 0.1) is 0 Å². The summed E-state index contributed by atoms with van der Waals surface area (Å²) < 4.78 is 0. The fourth-order valence-electron chi connectivity index (χ4n) is 2.82. The molecule has 0 amide bonds. The van der Waals surface area contributed by atoms with E-state index in [-0.39, 0.29) is 0 Å². The molecule has 0 atom stereocenters. The molecule has 1 aromatic rings. The third-order valence-corrected chi connectivity index (χ3v) is 6.17. The van der Waals surface area contributed by atoms with Crippen molar-refractivity contribution in [1.82, 2.24) is 0 Å². The zero-order valence-corrected chi connectivity index (χ0v) is 16.3. The van der Waals surface area contributed by atoms with Crippen LogP contribution in [-0.4, -0.2) is 5.75 Å². The SMILES string of the molecule is CCCCCCCCCCCCCCCCSc1ccsc1. The maximum Gasteiger partial charge on any atom is 0.0179 e. The van der Waals surface area contributed by atoms with Crippen molar-refractivity contribution in [3.63, 3.8) is 0 Å². The number of hydrogen-bond acceptors (Lipinski definition) is 2. The monoisotopic (exact) mass is 340 g/mol. The first-order valence-corrected chi connectivity index (χ1v) is 11.5. The third kappa shape index (κ3) is 12.6. The van der Waals surface area contributed by atoms with E-state index in [0.29, 0.717) is 0 Å². The first-order valence-electron chi connectivity index (χ1n) is 9.58. The van der Waals surface area contributed by atoms with Gasteiger partial charge in [-0.2, -0.15) is 11.3 Å². The molecule has 0 aromatic carbocycles. The van der Waals surface area contributed by atoms with E-state index >= 15 is 0 Å². The molecule has 0 unspecified atom stereocenters. The molecule has 2 heteroatoms. The molecule has 1 rings (SSSR count). The molecule has 0 spiro atoms. The Hall–Kier alpha value is 0.0500. The molecule has 0 aliphatic carbocycles. The molecular formula is C20H36S2. The molecule has 0 nitrogen and oxygen atoms in total. The van der Waals surface area contributed by atoms with Gasteiger partial charge in [0.1, 0.15) is 0 Å². The van der Waals surface area contributed by atoms with Gasteiger partial charge in [-0.3, -0.25) is 0 Å².